The fourth-order valence-corrected chi connectivity index (χ4v) is 4.05. The molecule has 0 saturated heterocycles. The minimum absolute atomic E-state index is 0.0488. The average molecular weight is 443 g/mol. The van der Waals surface area contributed by atoms with Crippen molar-refractivity contribution in [2.45, 2.75) is 25.8 Å². The lowest BCUT2D eigenvalue weighted by molar-refractivity contribution is -0.126. The second kappa shape index (κ2) is 10.4. The normalized spacial score (nSPS) is 14.5. The van der Waals surface area contributed by atoms with Gasteiger partial charge in [0, 0.05) is 12.2 Å². The summed E-state index contributed by atoms with van der Waals surface area (Å²) in [5, 5.41) is 3.01. The first kappa shape index (κ1) is 23.4. The van der Waals surface area contributed by atoms with Crippen LogP contribution in [0.5, 0.6) is 23.0 Å². The van der Waals surface area contributed by atoms with E-state index in [1.165, 1.54) is 13.2 Å². The zero-order valence-corrected chi connectivity index (χ0v) is 19.1. The zero-order valence-electron chi connectivity index (χ0n) is 19.1. The molecule has 1 amide bonds. The fourth-order valence-electron chi connectivity index (χ4n) is 4.05. The number of hydrogen-bond donors (Lipinski definition) is 1. The van der Waals surface area contributed by atoms with Gasteiger partial charge in [0.2, 0.25) is 17.1 Å². The third-order valence-electron chi connectivity index (χ3n) is 5.49. The summed E-state index contributed by atoms with van der Waals surface area (Å²) in [4.78, 5) is 25.3. The van der Waals surface area contributed by atoms with E-state index >= 15 is 0 Å². The van der Waals surface area contributed by atoms with Crippen LogP contribution in [0.3, 0.4) is 0 Å². The number of amides is 1. The number of hydrogen-bond acceptors (Lipinski definition) is 7. The summed E-state index contributed by atoms with van der Waals surface area (Å²) >= 11 is 0. The van der Waals surface area contributed by atoms with Gasteiger partial charge < -0.3 is 29.0 Å². The van der Waals surface area contributed by atoms with E-state index in [1.807, 2.05) is 19.1 Å². The van der Waals surface area contributed by atoms with Crippen LogP contribution in [-0.4, -0.2) is 47.6 Å². The molecule has 0 fully saturated rings. The topological polar surface area (TPSA) is 92.3 Å². The molecule has 0 saturated carbocycles. The molecule has 1 atom stereocenters. The van der Waals surface area contributed by atoms with Crippen molar-refractivity contribution in [2.24, 2.45) is 0 Å². The lowest BCUT2D eigenvalue weighted by atomic mass is 9.95. The van der Waals surface area contributed by atoms with Gasteiger partial charge in [-0.2, -0.15) is 0 Å². The number of carbonyl (C=O) groups is 1. The van der Waals surface area contributed by atoms with Gasteiger partial charge in [-0.3, -0.25) is 9.59 Å². The molecule has 0 unspecified atom stereocenters. The van der Waals surface area contributed by atoms with Crippen molar-refractivity contribution >= 4 is 5.91 Å². The van der Waals surface area contributed by atoms with Gasteiger partial charge in [-0.15, -0.1) is 0 Å². The summed E-state index contributed by atoms with van der Waals surface area (Å²) in [6.45, 7) is 2.22. The van der Waals surface area contributed by atoms with Crippen LogP contribution >= 0.6 is 0 Å². The third kappa shape index (κ3) is 4.50. The number of aryl methyl sites for hydroxylation is 1. The standard InChI is InChI=1S/C24H29NO7/c1-6-32-13-21(27)25-17-9-7-14-11-20(29-3)23(30-4)24(31-5)22(14)15-8-10-19(28-2)18(26)12-16(15)17/h8,10-12,17H,6-7,9,13H2,1-5H3,(H,25,27)/t17-/m0/s1. The maximum absolute atomic E-state index is 12.8. The number of ether oxygens (including phenoxy) is 5. The summed E-state index contributed by atoms with van der Waals surface area (Å²) in [7, 11) is 6.13. The minimum Gasteiger partial charge on any atom is -0.493 e. The highest BCUT2D eigenvalue weighted by Crippen LogP contribution is 2.50. The number of rotatable bonds is 8. The highest BCUT2D eigenvalue weighted by atomic mass is 16.5. The number of fused-ring (bicyclic) bond motifs is 3. The van der Waals surface area contributed by atoms with E-state index in [-0.39, 0.29) is 23.7 Å². The molecule has 0 aliphatic heterocycles. The Kier molecular flexibility index (Phi) is 7.58. The van der Waals surface area contributed by atoms with E-state index in [0.717, 1.165) is 16.7 Å². The summed E-state index contributed by atoms with van der Waals surface area (Å²) in [5.41, 5.74) is 2.89. The fraction of sp³-hybridized carbons (Fsp3) is 0.417. The summed E-state index contributed by atoms with van der Waals surface area (Å²) in [6, 6.07) is 6.47. The Morgan fingerprint density at radius 2 is 1.72 bits per heavy atom. The van der Waals surface area contributed by atoms with Crippen molar-refractivity contribution in [3.05, 3.63) is 45.6 Å². The van der Waals surface area contributed by atoms with E-state index < -0.39 is 6.04 Å². The minimum atomic E-state index is -0.406. The number of methoxy groups -OCH3 is 4. The lowest BCUT2D eigenvalue weighted by Crippen LogP contribution is -2.32. The van der Waals surface area contributed by atoms with Crippen molar-refractivity contribution in [3.63, 3.8) is 0 Å². The maximum atomic E-state index is 12.8. The molecule has 2 aromatic rings. The molecule has 1 aliphatic rings. The molecule has 0 heterocycles. The predicted molar refractivity (Wildman–Crippen MR) is 120 cm³/mol. The van der Waals surface area contributed by atoms with Crippen LogP contribution in [0.1, 0.15) is 30.5 Å². The van der Waals surface area contributed by atoms with Crippen LogP contribution < -0.4 is 29.7 Å². The summed E-state index contributed by atoms with van der Waals surface area (Å²) in [6.07, 6.45) is 1.19. The summed E-state index contributed by atoms with van der Waals surface area (Å²) in [5.74, 6) is 1.47. The van der Waals surface area contributed by atoms with E-state index in [4.69, 9.17) is 23.7 Å². The molecule has 3 rings (SSSR count). The first-order valence-electron chi connectivity index (χ1n) is 10.4. The van der Waals surface area contributed by atoms with Gasteiger partial charge in [0.25, 0.3) is 0 Å². The molecule has 172 valence electrons. The van der Waals surface area contributed by atoms with Crippen LogP contribution in [0, 0.1) is 0 Å². The maximum Gasteiger partial charge on any atom is 0.246 e. The number of carbonyl (C=O) groups excluding carboxylic acids is 1. The lowest BCUT2D eigenvalue weighted by Gasteiger charge is -2.20. The van der Waals surface area contributed by atoms with Crippen LogP contribution in [0.4, 0.5) is 0 Å². The number of benzene rings is 1. The average Bonchev–Trinajstić information content (AvgIpc) is 3.04. The monoisotopic (exact) mass is 443 g/mol. The molecule has 0 aromatic heterocycles. The second-order valence-electron chi connectivity index (χ2n) is 7.25. The molecular weight excluding hydrogens is 414 g/mol. The van der Waals surface area contributed by atoms with E-state index in [9.17, 15) is 9.59 Å². The third-order valence-corrected chi connectivity index (χ3v) is 5.49. The van der Waals surface area contributed by atoms with Gasteiger partial charge in [-0.1, -0.05) is 6.07 Å². The number of nitrogens with one attached hydrogen (secondary N) is 1. The Morgan fingerprint density at radius 1 is 1.00 bits per heavy atom. The van der Waals surface area contributed by atoms with Crippen molar-refractivity contribution in [1.29, 1.82) is 0 Å². The summed E-state index contributed by atoms with van der Waals surface area (Å²) < 4.78 is 27.4. The molecule has 1 N–H and O–H groups in total. The van der Waals surface area contributed by atoms with Crippen molar-refractivity contribution in [2.75, 3.05) is 41.7 Å². The Bertz CT molecular complexity index is 1050. The first-order valence-corrected chi connectivity index (χ1v) is 10.4. The molecule has 0 bridgehead atoms. The first-order chi connectivity index (χ1) is 15.5. The van der Waals surface area contributed by atoms with Crippen LogP contribution in [-0.2, 0) is 16.0 Å². The molecule has 32 heavy (non-hydrogen) atoms. The Morgan fingerprint density at radius 3 is 2.34 bits per heavy atom. The Balaban J connectivity index is 2.28. The second-order valence-corrected chi connectivity index (χ2v) is 7.25. The van der Waals surface area contributed by atoms with Crippen LogP contribution in [0.25, 0.3) is 11.1 Å². The van der Waals surface area contributed by atoms with E-state index in [1.54, 1.807) is 27.4 Å². The van der Waals surface area contributed by atoms with E-state index in [0.29, 0.717) is 42.3 Å². The van der Waals surface area contributed by atoms with Crippen LogP contribution in [0.2, 0.25) is 0 Å². The SMILES string of the molecule is CCOCC(=O)N[C@H]1CCc2cc(OC)c(OC)c(OC)c2-c2ccc(OC)c(=O)cc21. The molecular formula is C24H29NO7. The van der Waals surface area contributed by atoms with Gasteiger partial charge in [-0.05, 0) is 54.7 Å². The van der Waals surface area contributed by atoms with Gasteiger partial charge in [0.05, 0.1) is 34.5 Å². The highest BCUT2D eigenvalue weighted by Gasteiger charge is 2.29. The highest BCUT2D eigenvalue weighted by molar-refractivity contribution is 5.84. The molecule has 0 spiro atoms. The van der Waals surface area contributed by atoms with E-state index in [2.05, 4.69) is 5.32 Å². The zero-order chi connectivity index (χ0) is 23.3. The largest absolute Gasteiger partial charge is 0.493 e. The quantitative estimate of drug-likeness (QED) is 0.671. The van der Waals surface area contributed by atoms with Crippen molar-refractivity contribution in [1.82, 2.24) is 5.32 Å². The smallest absolute Gasteiger partial charge is 0.246 e. The molecule has 0 radical (unpaired) electrons. The van der Waals surface area contributed by atoms with Crippen LogP contribution in [0.15, 0.2) is 29.1 Å². The predicted octanol–water partition coefficient (Wildman–Crippen LogP) is 2.89. The van der Waals surface area contributed by atoms with Gasteiger partial charge in [-0.25, -0.2) is 0 Å². The molecule has 1 aliphatic carbocycles. The van der Waals surface area contributed by atoms with Crippen molar-refractivity contribution < 1.29 is 28.5 Å². The van der Waals surface area contributed by atoms with Crippen molar-refractivity contribution in [3.8, 4) is 34.1 Å². The molecule has 8 nitrogen and oxygen atoms in total. The van der Waals surface area contributed by atoms with Gasteiger partial charge in [0.15, 0.2) is 17.2 Å². The molecule has 2 aromatic carbocycles. The Labute approximate surface area is 187 Å². The molecule has 8 heteroatoms. The Hall–Kier alpha value is -3.26. The van der Waals surface area contributed by atoms with Gasteiger partial charge in [0.1, 0.15) is 6.61 Å². The van der Waals surface area contributed by atoms with Gasteiger partial charge >= 0.3 is 0 Å².